The third-order valence-corrected chi connectivity index (χ3v) is 5.08. The molecule has 4 nitrogen and oxygen atoms in total. The van der Waals surface area contributed by atoms with E-state index in [4.69, 9.17) is 8.83 Å². The van der Waals surface area contributed by atoms with E-state index in [1.54, 1.807) is 12.1 Å². The van der Waals surface area contributed by atoms with Gasteiger partial charge >= 0.3 is 0 Å². The fourth-order valence-electron chi connectivity index (χ4n) is 3.60. The molecule has 0 unspecified atom stereocenters. The average molecular weight is 418 g/mol. The molecule has 5 heteroatoms. The lowest BCUT2D eigenvalue weighted by molar-refractivity contribution is -0.462. The largest absolute Gasteiger partial charge is 1.00 e. The van der Waals surface area contributed by atoms with Crippen molar-refractivity contribution in [1.82, 2.24) is 0 Å². The average Bonchev–Trinajstić information content (AvgIpc) is 2.73. The molecule has 0 aromatic heterocycles. The number of rotatable bonds is 1. The van der Waals surface area contributed by atoms with Crippen LogP contribution in [0.15, 0.2) is 87.7 Å². The minimum atomic E-state index is 0. The highest BCUT2D eigenvalue weighted by molar-refractivity contribution is 6.05. The molecule has 0 fully saturated rings. The first-order valence-corrected chi connectivity index (χ1v) is 9.45. The number of phenolic OH excluding ortho intramolecular Hbond substituents is 1. The first-order chi connectivity index (χ1) is 14.1. The molecular weight excluding hydrogens is 398 g/mol. The summed E-state index contributed by atoms with van der Waals surface area (Å²) in [5.74, 6) is 0.849. The monoisotopic (exact) mass is 417 g/mol. The van der Waals surface area contributed by atoms with Gasteiger partial charge in [0.25, 0.3) is 0 Å². The number of allylic oxidation sites excluding steroid dienone is 4. The molecule has 2 heterocycles. The van der Waals surface area contributed by atoms with Gasteiger partial charge < -0.3 is 26.3 Å². The summed E-state index contributed by atoms with van der Waals surface area (Å²) < 4.78 is 14.3. The summed E-state index contributed by atoms with van der Waals surface area (Å²) in [6.45, 7) is 0. The Kier molecular flexibility index (Phi) is 5.10. The zero-order valence-electron chi connectivity index (χ0n) is 16.6. The maximum Gasteiger partial charge on any atom is 0.199 e. The van der Waals surface area contributed by atoms with Crippen molar-refractivity contribution in [3.05, 3.63) is 84.3 Å². The number of phenols is 1. The normalized spacial score (nSPS) is 13.1. The van der Waals surface area contributed by atoms with Crippen LogP contribution in [0.1, 0.15) is 0 Å². The summed E-state index contributed by atoms with van der Waals surface area (Å²) in [5, 5.41) is 10.2. The van der Waals surface area contributed by atoms with E-state index in [1.807, 2.05) is 68.7 Å². The third-order valence-electron chi connectivity index (χ3n) is 5.08. The maximum atomic E-state index is 10.2. The van der Waals surface area contributed by atoms with Gasteiger partial charge in [-0.15, -0.1) is 0 Å². The summed E-state index contributed by atoms with van der Waals surface area (Å²) >= 11 is 0. The summed E-state index contributed by atoms with van der Waals surface area (Å²) in [6, 6.07) is 17.2. The van der Waals surface area contributed by atoms with Crippen molar-refractivity contribution < 1.29 is 30.9 Å². The summed E-state index contributed by atoms with van der Waals surface area (Å²) in [6.07, 6.45) is 8.20. The van der Waals surface area contributed by atoms with E-state index in [-0.39, 0.29) is 18.2 Å². The van der Waals surface area contributed by atoms with Crippen molar-refractivity contribution in [2.45, 2.75) is 0 Å². The maximum absolute atomic E-state index is 10.2. The number of nitrogens with zero attached hydrogens (tertiary/aromatic N) is 1. The van der Waals surface area contributed by atoms with Crippen molar-refractivity contribution >= 4 is 22.5 Å². The molecule has 2 aromatic carbocycles. The van der Waals surface area contributed by atoms with Crippen molar-refractivity contribution in [2.75, 3.05) is 14.1 Å². The summed E-state index contributed by atoms with van der Waals surface area (Å²) in [5.41, 5.74) is 6.85. The van der Waals surface area contributed by atoms with Crippen LogP contribution in [0.25, 0.3) is 39.2 Å². The predicted octanol–water partition coefficient (Wildman–Crippen LogP) is 1.78. The van der Waals surface area contributed by atoms with Gasteiger partial charge in [-0.1, -0.05) is 30.3 Å². The zero-order chi connectivity index (χ0) is 20.0. The fourth-order valence-corrected chi connectivity index (χ4v) is 3.60. The van der Waals surface area contributed by atoms with Crippen LogP contribution in [0.2, 0.25) is 0 Å². The Morgan fingerprint density at radius 2 is 1.43 bits per heavy atom. The number of aromatic hydroxyl groups is 1. The second kappa shape index (κ2) is 7.73. The van der Waals surface area contributed by atoms with E-state index in [0.29, 0.717) is 11.2 Å². The first kappa shape index (κ1) is 19.8. The molecule has 30 heavy (non-hydrogen) atoms. The standard InChI is InChI=1S/C25H19NO3.ClH/c1-26(2)19-10-8-17(9-11-19)22-13-18-12-21(16-6-4-3-5-7-16)28-23-14-20(27)15-24(29-22)25(18)23;/h3-15H,1-2H3;1H. The molecule has 0 bridgehead atoms. The van der Waals surface area contributed by atoms with E-state index < -0.39 is 0 Å². The lowest BCUT2D eigenvalue weighted by atomic mass is 9.99. The van der Waals surface area contributed by atoms with Gasteiger partial charge in [0.05, 0.1) is 5.56 Å². The minimum Gasteiger partial charge on any atom is -1.00 e. The van der Waals surface area contributed by atoms with Gasteiger partial charge in [0.1, 0.15) is 42.2 Å². The Morgan fingerprint density at radius 3 is 2.10 bits per heavy atom. The SMILES string of the molecule is C[N+](C)=C1C=CC(=c2cc3cc(-c4ccccc4)oc4cc(O)cc(o2)c4-3)C=C1.[Cl-]. The Bertz CT molecular complexity index is 1350. The molecule has 0 radical (unpaired) electrons. The second-order valence-corrected chi connectivity index (χ2v) is 7.30. The Morgan fingerprint density at radius 1 is 0.767 bits per heavy atom. The van der Waals surface area contributed by atoms with Crippen LogP contribution in [0, 0.1) is 0 Å². The van der Waals surface area contributed by atoms with Gasteiger partial charge in [-0.3, -0.25) is 0 Å². The molecule has 0 amide bonds. The van der Waals surface area contributed by atoms with Crippen LogP contribution in [-0.2, 0) is 0 Å². The van der Waals surface area contributed by atoms with Crippen LogP contribution in [0.4, 0.5) is 0 Å². The smallest absolute Gasteiger partial charge is 0.199 e. The topological polar surface area (TPSA) is 49.5 Å². The van der Waals surface area contributed by atoms with Crippen LogP contribution in [-0.4, -0.2) is 29.5 Å². The van der Waals surface area contributed by atoms with Crippen LogP contribution in [0.3, 0.4) is 0 Å². The number of hydrogen-bond donors (Lipinski definition) is 1. The fraction of sp³-hybridized carbons (Fsp3) is 0.0800. The molecule has 150 valence electrons. The van der Waals surface area contributed by atoms with E-state index >= 15 is 0 Å². The van der Waals surface area contributed by atoms with Crippen molar-refractivity contribution in [3.8, 4) is 28.2 Å². The second-order valence-electron chi connectivity index (χ2n) is 7.30. The molecule has 2 aromatic rings. The number of benzene rings is 2. The van der Waals surface area contributed by atoms with Gasteiger partial charge in [-0.2, -0.15) is 0 Å². The van der Waals surface area contributed by atoms with Crippen LogP contribution < -0.4 is 17.8 Å². The molecule has 5 rings (SSSR count). The third kappa shape index (κ3) is 3.46. The van der Waals surface area contributed by atoms with Crippen LogP contribution >= 0.6 is 0 Å². The molecule has 0 saturated heterocycles. The van der Waals surface area contributed by atoms with E-state index in [2.05, 4.69) is 16.7 Å². The number of halogens is 1. The molecule has 1 aliphatic carbocycles. The summed E-state index contributed by atoms with van der Waals surface area (Å²) in [7, 11) is 4.03. The van der Waals surface area contributed by atoms with Gasteiger partial charge in [-0.05, 0) is 29.8 Å². The van der Waals surface area contributed by atoms with Crippen molar-refractivity contribution in [2.24, 2.45) is 0 Å². The molecule has 3 aliphatic rings. The summed E-state index contributed by atoms with van der Waals surface area (Å²) in [4.78, 5) is 0. The highest BCUT2D eigenvalue weighted by Gasteiger charge is 2.18. The van der Waals surface area contributed by atoms with Crippen LogP contribution in [0.5, 0.6) is 5.75 Å². The molecule has 1 N–H and O–H groups in total. The van der Waals surface area contributed by atoms with Gasteiger partial charge in [0, 0.05) is 35.4 Å². The Hall–Kier alpha value is -3.50. The van der Waals surface area contributed by atoms with Gasteiger partial charge in [-0.25, -0.2) is 4.58 Å². The Labute approximate surface area is 180 Å². The number of hydrogen-bond acceptors (Lipinski definition) is 3. The first-order valence-electron chi connectivity index (χ1n) is 9.45. The Balaban J connectivity index is 0.00000218. The molecule has 0 saturated carbocycles. The predicted molar refractivity (Wildman–Crippen MR) is 115 cm³/mol. The molecular formula is C25H20ClNO3. The highest BCUT2D eigenvalue weighted by Crippen LogP contribution is 2.38. The van der Waals surface area contributed by atoms with Gasteiger partial charge in [0.15, 0.2) is 5.71 Å². The lowest BCUT2D eigenvalue weighted by Gasteiger charge is -2.14. The van der Waals surface area contributed by atoms with E-state index in [9.17, 15) is 5.11 Å². The quantitative estimate of drug-likeness (QED) is 0.480. The molecule has 0 spiro atoms. The zero-order valence-corrected chi connectivity index (χ0v) is 17.4. The van der Waals surface area contributed by atoms with Crippen molar-refractivity contribution in [3.63, 3.8) is 0 Å². The van der Waals surface area contributed by atoms with E-state index in [0.717, 1.165) is 39.2 Å². The van der Waals surface area contributed by atoms with Crippen molar-refractivity contribution in [1.29, 1.82) is 0 Å². The molecule has 0 atom stereocenters. The lowest BCUT2D eigenvalue weighted by Crippen LogP contribution is -3.00. The highest BCUT2D eigenvalue weighted by atomic mass is 35.5. The van der Waals surface area contributed by atoms with E-state index in [1.165, 1.54) is 0 Å². The van der Waals surface area contributed by atoms with Gasteiger partial charge in [0.2, 0.25) is 0 Å². The minimum absolute atomic E-state index is 0. The molecule has 2 aliphatic heterocycles.